The Labute approximate surface area is 159 Å². The highest BCUT2D eigenvalue weighted by molar-refractivity contribution is 5.93. The number of rotatable bonds is 9. The van der Waals surface area contributed by atoms with E-state index in [1.165, 1.54) is 18.6 Å². The van der Waals surface area contributed by atoms with Crippen molar-refractivity contribution >= 4 is 17.5 Å². The topological polar surface area (TPSA) is 87.7 Å². The van der Waals surface area contributed by atoms with Gasteiger partial charge in [-0.15, -0.1) is 0 Å². The van der Waals surface area contributed by atoms with Gasteiger partial charge >= 0.3 is 0 Å². The number of carbonyl (C=O) groups excluding carboxylic acids is 2. The van der Waals surface area contributed by atoms with Crippen LogP contribution in [0.5, 0.6) is 0 Å². The summed E-state index contributed by atoms with van der Waals surface area (Å²) in [5.74, 6) is -1.29. The highest BCUT2D eigenvalue weighted by Crippen LogP contribution is 2.20. The zero-order chi connectivity index (χ0) is 19.6. The lowest BCUT2D eigenvalue weighted by Gasteiger charge is -2.23. The van der Waals surface area contributed by atoms with Gasteiger partial charge in [0.15, 0.2) is 0 Å². The molecule has 0 aromatic heterocycles. The largest absolute Gasteiger partial charge is 0.389 e. The average Bonchev–Trinajstić information content (AvgIpc) is 2.66. The smallest absolute Gasteiger partial charge is 0.224 e. The Morgan fingerprint density at radius 2 is 1.93 bits per heavy atom. The molecule has 1 atom stereocenters. The van der Waals surface area contributed by atoms with Crippen molar-refractivity contribution in [2.24, 2.45) is 0 Å². The molecule has 0 spiro atoms. The molecule has 27 heavy (non-hydrogen) atoms. The Hall–Kier alpha value is -1.99. The van der Waals surface area contributed by atoms with Gasteiger partial charge in [0.1, 0.15) is 5.82 Å². The molecular weight excluding hydrogens is 351 g/mol. The van der Waals surface area contributed by atoms with Gasteiger partial charge < -0.3 is 20.5 Å². The lowest BCUT2D eigenvalue weighted by Crippen LogP contribution is -2.36. The summed E-state index contributed by atoms with van der Waals surface area (Å²) in [4.78, 5) is 23.7. The molecule has 0 unspecified atom stereocenters. The number of hydrogen-bond acceptors (Lipinski definition) is 4. The first-order chi connectivity index (χ1) is 12.9. The summed E-state index contributed by atoms with van der Waals surface area (Å²) in [5.41, 5.74) is 0.935. The Balaban J connectivity index is 1.60. The van der Waals surface area contributed by atoms with Crippen LogP contribution in [0.1, 0.15) is 50.5 Å². The number of aryl methyl sites for hydroxylation is 1. The van der Waals surface area contributed by atoms with E-state index < -0.39 is 17.8 Å². The predicted molar refractivity (Wildman–Crippen MR) is 101 cm³/mol. The molecule has 2 rings (SSSR count). The quantitative estimate of drug-likeness (QED) is 0.615. The monoisotopic (exact) mass is 380 g/mol. The Morgan fingerprint density at radius 1 is 1.22 bits per heavy atom. The SMILES string of the molecule is Cc1ccc(F)c(NC(=O)CCC(=O)NC[C@@H](O)COC2CCCCC2)c1. The van der Waals surface area contributed by atoms with Gasteiger partial charge in [-0.25, -0.2) is 4.39 Å². The molecule has 7 heteroatoms. The van der Waals surface area contributed by atoms with E-state index >= 15 is 0 Å². The first-order valence-corrected chi connectivity index (χ1v) is 9.56. The number of aliphatic hydroxyl groups excluding tert-OH is 1. The summed E-state index contributed by atoms with van der Waals surface area (Å²) in [5, 5.41) is 14.9. The first-order valence-electron chi connectivity index (χ1n) is 9.56. The average molecular weight is 380 g/mol. The van der Waals surface area contributed by atoms with Crippen LogP contribution >= 0.6 is 0 Å². The van der Waals surface area contributed by atoms with E-state index in [9.17, 15) is 19.1 Å². The first kappa shape index (κ1) is 21.3. The number of ether oxygens (including phenoxy) is 1. The molecule has 0 saturated heterocycles. The van der Waals surface area contributed by atoms with Crippen molar-refractivity contribution in [3.63, 3.8) is 0 Å². The number of aliphatic hydroxyl groups is 1. The van der Waals surface area contributed by atoms with Gasteiger partial charge in [0.25, 0.3) is 0 Å². The molecule has 0 radical (unpaired) electrons. The van der Waals surface area contributed by atoms with Gasteiger partial charge in [-0.05, 0) is 37.5 Å². The third kappa shape index (κ3) is 8.05. The summed E-state index contributed by atoms with van der Waals surface area (Å²) in [6, 6.07) is 4.44. The molecule has 1 saturated carbocycles. The molecule has 1 aromatic rings. The number of nitrogens with one attached hydrogen (secondary N) is 2. The van der Waals surface area contributed by atoms with Crippen LogP contribution in [-0.4, -0.2) is 42.3 Å². The van der Waals surface area contributed by atoms with Crippen LogP contribution in [0.2, 0.25) is 0 Å². The number of benzene rings is 1. The van der Waals surface area contributed by atoms with Gasteiger partial charge in [-0.2, -0.15) is 0 Å². The normalized spacial score (nSPS) is 16.0. The minimum Gasteiger partial charge on any atom is -0.389 e. The van der Waals surface area contributed by atoms with Gasteiger partial charge in [-0.3, -0.25) is 9.59 Å². The van der Waals surface area contributed by atoms with Crippen molar-refractivity contribution in [3.8, 4) is 0 Å². The molecule has 1 fully saturated rings. The van der Waals surface area contributed by atoms with E-state index in [-0.39, 0.29) is 43.7 Å². The van der Waals surface area contributed by atoms with Crippen LogP contribution in [0.4, 0.5) is 10.1 Å². The van der Waals surface area contributed by atoms with Crippen molar-refractivity contribution in [2.75, 3.05) is 18.5 Å². The predicted octanol–water partition coefficient (Wildman–Crippen LogP) is 2.68. The lowest BCUT2D eigenvalue weighted by molar-refractivity contribution is -0.124. The van der Waals surface area contributed by atoms with Crippen molar-refractivity contribution in [1.82, 2.24) is 5.32 Å². The zero-order valence-electron chi connectivity index (χ0n) is 15.8. The molecule has 1 aliphatic carbocycles. The summed E-state index contributed by atoms with van der Waals surface area (Å²) < 4.78 is 19.3. The van der Waals surface area contributed by atoms with Crippen LogP contribution in [0.25, 0.3) is 0 Å². The third-order valence-electron chi connectivity index (χ3n) is 4.59. The number of hydrogen-bond donors (Lipinski definition) is 3. The minimum atomic E-state index is -0.772. The lowest BCUT2D eigenvalue weighted by atomic mass is 9.98. The van der Waals surface area contributed by atoms with Crippen molar-refractivity contribution in [2.45, 2.75) is 64.1 Å². The molecule has 2 amide bonds. The van der Waals surface area contributed by atoms with Crippen LogP contribution in [0.15, 0.2) is 18.2 Å². The summed E-state index contributed by atoms with van der Waals surface area (Å²) in [6.07, 6.45) is 4.94. The number of amides is 2. The maximum atomic E-state index is 13.6. The molecule has 150 valence electrons. The molecular formula is C20H29FN2O4. The maximum absolute atomic E-state index is 13.6. The highest BCUT2D eigenvalue weighted by atomic mass is 19.1. The Kier molecular flexibility index (Phi) is 8.67. The van der Waals surface area contributed by atoms with Crippen molar-refractivity contribution < 1.29 is 23.8 Å². The second-order valence-electron chi connectivity index (χ2n) is 7.08. The molecule has 0 aliphatic heterocycles. The van der Waals surface area contributed by atoms with Gasteiger partial charge in [0, 0.05) is 19.4 Å². The Bertz CT molecular complexity index is 632. The summed E-state index contributed by atoms with van der Waals surface area (Å²) in [7, 11) is 0. The fraction of sp³-hybridized carbons (Fsp3) is 0.600. The van der Waals surface area contributed by atoms with E-state index in [2.05, 4.69) is 10.6 Å². The number of anilines is 1. The van der Waals surface area contributed by atoms with E-state index in [0.29, 0.717) is 0 Å². The molecule has 1 aliphatic rings. The van der Waals surface area contributed by atoms with Crippen LogP contribution in [0.3, 0.4) is 0 Å². The zero-order valence-corrected chi connectivity index (χ0v) is 15.8. The summed E-state index contributed by atoms with van der Waals surface area (Å²) in [6.45, 7) is 2.07. The molecule has 0 heterocycles. The molecule has 1 aromatic carbocycles. The van der Waals surface area contributed by atoms with Gasteiger partial charge in [0.2, 0.25) is 11.8 Å². The van der Waals surface area contributed by atoms with Gasteiger partial charge in [-0.1, -0.05) is 25.3 Å². The molecule has 0 bridgehead atoms. The van der Waals surface area contributed by atoms with Crippen molar-refractivity contribution in [1.29, 1.82) is 0 Å². The van der Waals surface area contributed by atoms with Crippen molar-refractivity contribution in [3.05, 3.63) is 29.6 Å². The fourth-order valence-corrected chi connectivity index (χ4v) is 3.03. The van der Waals surface area contributed by atoms with Crippen LogP contribution in [0, 0.1) is 12.7 Å². The second-order valence-corrected chi connectivity index (χ2v) is 7.08. The number of halogens is 1. The number of carbonyl (C=O) groups is 2. The van der Waals surface area contributed by atoms with Crippen LogP contribution < -0.4 is 10.6 Å². The third-order valence-corrected chi connectivity index (χ3v) is 4.59. The fourth-order valence-electron chi connectivity index (χ4n) is 3.03. The van der Waals surface area contributed by atoms with E-state index in [1.807, 2.05) is 0 Å². The standard InChI is InChI=1S/C20H29FN2O4/c1-14-7-8-17(21)18(11-14)23-20(26)10-9-19(25)22-12-15(24)13-27-16-5-3-2-4-6-16/h7-8,11,15-16,24H,2-6,9-10,12-13H2,1H3,(H,22,25)(H,23,26)/t15-/m1/s1. The van der Waals surface area contributed by atoms with E-state index in [1.54, 1.807) is 13.0 Å². The maximum Gasteiger partial charge on any atom is 0.224 e. The van der Waals surface area contributed by atoms with Gasteiger partial charge in [0.05, 0.1) is 24.5 Å². The molecule has 3 N–H and O–H groups in total. The minimum absolute atomic E-state index is 0.0323. The van der Waals surface area contributed by atoms with E-state index in [4.69, 9.17) is 4.74 Å². The Morgan fingerprint density at radius 3 is 2.67 bits per heavy atom. The molecule has 6 nitrogen and oxygen atoms in total. The van der Waals surface area contributed by atoms with Crippen LogP contribution in [-0.2, 0) is 14.3 Å². The second kappa shape index (κ2) is 11.0. The summed E-state index contributed by atoms with van der Waals surface area (Å²) >= 11 is 0. The van der Waals surface area contributed by atoms with E-state index in [0.717, 1.165) is 31.2 Å². The highest BCUT2D eigenvalue weighted by Gasteiger charge is 2.16.